The third kappa shape index (κ3) is 4.11. The highest BCUT2D eigenvalue weighted by Crippen LogP contribution is 2.30. The second kappa shape index (κ2) is 8.15. The minimum atomic E-state index is -0.125. The highest BCUT2D eigenvalue weighted by atomic mass is 16.5. The van der Waals surface area contributed by atoms with Crippen molar-refractivity contribution in [2.24, 2.45) is 0 Å². The maximum atomic E-state index is 12.6. The molecule has 1 N–H and O–H groups in total. The van der Waals surface area contributed by atoms with Crippen LogP contribution in [0.4, 0.5) is 0 Å². The van der Waals surface area contributed by atoms with Crippen molar-refractivity contribution in [2.75, 3.05) is 7.11 Å². The van der Waals surface area contributed by atoms with Gasteiger partial charge >= 0.3 is 0 Å². The number of hydrogen-bond donors (Lipinski definition) is 1. The summed E-state index contributed by atoms with van der Waals surface area (Å²) in [5.41, 5.74) is 5.50. The Balaban J connectivity index is 1.64. The van der Waals surface area contributed by atoms with E-state index in [4.69, 9.17) is 9.72 Å². The summed E-state index contributed by atoms with van der Waals surface area (Å²) in [4.78, 5) is 17.4. The summed E-state index contributed by atoms with van der Waals surface area (Å²) in [5, 5.41) is 3.78. The van der Waals surface area contributed by atoms with Crippen molar-refractivity contribution in [2.45, 2.75) is 13.5 Å². The molecule has 4 rings (SSSR count). The standard InChI is InChI=1S/C25H22N2O2/c1-17-8-10-19(11-9-17)23-15-24(29-2)21-14-20(12-13-22(21)27-23)25(28)26-16-18-6-4-3-5-7-18/h3-15H,16H2,1-2H3,(H,26,28). The summed E-state index contributed by atoms with van der Waals surface area (Å²) >= 11 is 0. The molecule has 0 aliphatic rings. The third-order valence-electron chi connectivity index (χ3n) is 4.90. The van der Waals surface area contributed by atoms with E-state index in [9.17, 15) is 4.79 Å². The van der Waals surface area contributed by atoms with Crippen LogP contribution >= 0.6 is 0 Å². The minimum absolute atomic E-state index is 0.125. The van der Waals surface area contributed by atoms with Crippen molar-refractivity contribution in [3.05, 3.63) is 95.6 Å². The number of carbonyl (C=O) groups is 1. The fraction of sp³-hybridized carbons (Fsp3) is 0.120. The normalized spacial score (nSPS) is 10.7. The average Bonchev–Trinajstić information content (AvgIpc) is 2.77. The summed E-state index contributed by atoms with van der Waals surface area (Å²) in [6, 6.07) is 25.5. The molecule has 0 saturated carbocycles. The smallest absolute Gasteiger partial charge is 0.251 e. The molecule has 4 nitrogen and oxygen atoms in total. The molecule has 0 fully saturated rings. The lowest BCUT2D eigenvalue weighted by Crippen LogP contribution is -2.22. The van der Waals surface area contributed by atoms with E-state index in [0.29, 0.717) is 17.9 Å². The molecule has 29 heavy (non-hydrogen) atoms. The predicted molar refractivity (Wildman–Crippen MR) is 116 cm³/mol. The number of hydrogen-bond acceptors (Lipinski definition) is 3. The fourth-order valence-corrected chi connectivity index (χ4v) is 3.26. The summed E-state index contributed by atoms with van der Waals surface area (Å²) in [6.07, 6.45) is 0. The Labute approximate surface area is 170 Å². The Morgan fingerprint density at radius 3 is 2.45 bits per heavy atom. The van der Waals surface area contributed by atoms with Crippen LogP contribution in [-0.2, 0) is 6.54 Å². The first-order valence-electron chi connectivity index (χ1n) is 9.52. The molecular weight excluding hydrogens is 360 g/mol. The first-order valence-corrected chi connectivity index (χ1v) is 9.52. The lowest BCUT2D eigenvalue weighted by molar-refractivity contribution is 0.0951. The quantitative estimate of drug-likeness (QED) is 0.519. The van der Waals surface area contributed by atoms with Crippen LogP contribution in [-0.4, -0.2) is 18.0 Å². The van der Waals surface area contributed by atoms with E-state index in [0.717, 1.165) is 27.7 Å². The van der Waals surface area contributed by atoms with Gasteiger partial charge in [0.2, 0.25) is 0 Å². The van der Waals surface area contributed by atoms with E-state index in [-0.39, 0.29) is 5.91 Å². The van der Waals surface area contributed by atoms with Gasteiger partial charge in [-0.3, -0.25) is 4.79 Å². The zero-order chi connectivity index (χ0) is 20.2. The van der Waals surface area contributed by atoms with E-state index in [1.54, 1.807) is 13.2 Å². The summed E-state index contributed by atoms with van der Waals surface area (Å²) in [5.74, 6) is 0.573. The van der Waals surface area contributed by atoms with Gasteiger partial charge < -0.3 is 10.1 Å². The summed E-state index contributed by atoms with van der Waals surface area (Å²) in [7, 11) is 1.63. The number of methoxy groups -OCH3 is 1. The Hall–Kier alpha value is -3.66. The average molecular weight is 382 g/mol. The van der Waals surface area contributed by atoms with Crippen molar-refractivity contribution in [3.8, 4) is 17.0 Å². The predicted octanol–water partition coefficient (Wildman–Crippen LogP) is 5.15. The van der Waals surface area contributed by atoms with Crippen molar-refractivity contribution in [1.82, 2.24) is 10.3 Å². The second-order valence-corrected chi connectivity index (χ2v) is 6.98. The molecule has 0 unspecified atom stereocenters. The lowest BCUT2D eigenvalue weighted by Gasteiger charge is -2.11. The number of pyridine rings is 1. The lowest BCUT2D eigenvalue weighted by atomic mass is 10.1. The van der Waals surface area contributed by atoms with Crippen LogP contribution in [0.3, 0.4) is 0 Å². The van der Waals surface area contributed by atoms with E-state index in [2.05, 4.69) is 24.4 Å². The molecular formula is C25H22N2O2. The van der Waals surface area contributed by atoms with Gasteiger partial charge in [0.25, 0.3) is 5.91 Å². The first-order chi connectivity index (χ1) is 14.1. The number of nitrogens with one attached hydrogen (secondary N) is 1. The number of fused-ring (bicyclic) bond motifs is 1. The molecule has 4 aromatic rings. The molecule has 0 bridgehead atoms. The van der Waals surface area contributed by atoms with E-state index in [1.165, 1.54) is 5.56 Å². The number of aromatic nitrogens is 1. The molecule has 0 radical (unpaired) electrons. The van der Waals surface area contributed by atoms with E-state index < -0.39 is 0 Å². The molecule has 3 aromatic carbocycles. The van der Waals surface area contributed by atoms with Gasteiger partial charge in [0.15, 0.2) is 0 Å². The summed E-state index contributed by atoms with van der Waals surface area (Å²) < 4.78 is 5.61. The Morgan fingerprint density at radius 2 is 1.72 bits per heavy atom. The maximum absolute atomic E-state index is 12.6. The van der Waals surface area contributed by atoms with E-state index in [1.807, 2.05) is 60.7 Å². The molecule has 0 atom stereocenters. The molecule has 0 saturated heterocycles. The van der Waals surface area contributed by atoms with Gasteiger partial charge in [-0.1, -0.05) is 60.2 Å². The zero-order valence-electron chi connectivity index (χ0n) is 16.5. The zero-order valence-corrected chi connectivity index (χ0v) is 16.5. The summed E-state index contributed by atoms with van der Waals surface area (Å²) in [6.45, 7) is 2.54. The fourth-order valence-electron chi connectivity index (χ4n) is 3.26. The Kier molecular flexibility index (Phi) is 5.25. The topological polar surface area (TPSA) is 51.2 Å². The van der Waals surface area contributed by atoms with Gasteiger partial charge in [-0.2, -0.15) is 0 Å². The molecule has 144 valence electrons. The molecule has 4 heteroatoms. The van der Waals surface area contributed by atoms with Gasteiger partial charge in [0, 0.05) is 29.1 Å². The molecule has 1 aromatic heterocycles. The van der Waals surface area contributed by atoms with Crippen LogP contribution in [0.5, 0.6) is 5.75 Å². The van der Waals surface area contributed by atoms with Crippen LogP contribution < -0.4 is 10.1 Å². The number of amides is 1. The van der Waals surface area contributed by atoms with Gasteiger partial charge in [-0.05, 0) is 30.7 Å². The second-order valence-electron chi connectivity index (χ2n) is 6.98. The Morgan fingerprint density at radius 1 is 0.966 bits per heavy atom. The van der Waals surface area contributed by atoms with Crippen molar-refractivity contribution in [1.29, 1.82) is 0 Å². The highest BCUT2D eigenvalue weighted by Gasteiger charge is 2.12. The molecule has 1 amide bonds. The number of carbonyl (C=O) groups excluding carboxylic acids is 1. The van der Waals surface area contributed by atoms with Crippen LogP contribution in [0.2, 0.25) is 0 Å². The minimum Gasteiger partial charge on any atom is -0.496 e. The largest absolute Gasteiger partial charge is 0.496 e. The molecule has 0 spiro atoms. The number of rotatable bonds is 5. The van der Waals surface area contributed by atoms with Crippen LogP contribution in [0.15, 0.2) is 78.9 Å². The van der Waals surface area contributed by atoms with Crippen LogP contribution in [0.25, 0.3) is 22.2 Å². The third-order valence-corrected chi connectivity index (χ3v) is 4.90. The van der Waals surface area contributed by atoms with Gasteiger partial charge in [-0.15, -0.1) is 0 Å². The number of benzene rings is 3. The molecule has 0 aliphatic heterocycles. The first kappa shape index (κ1) is 18.7. The maximum Gasteiger partial charge on any atom is 0.251 e. The molecule has 1 heterocycles. The van der Waals surface area contributed by atoms with Crippen molar-refractivity contribution in [3.63, 3.8) is 0 Å². The molecule has 0 aliphatic carbocycles. The number of nitrogens with zero attached hydrogens (tertiary/aromatic N) is 1. The van der Waals surface area contributed by atoms with Crippen LogP contribution in [0.1, 0.15) is 21.5 Å². The van der Waals surface area contributed by atoms with Crippen molar-refractivity contribution < 1.29 is 9.53 Å². The van der Waals surface area contributed by atoms with E-state index >= 15 is 0 Å². The monoisotopic (exact) mass is 382 g/mol. The van der Waals surface area contributed by atoms with Crippen LogP contribution in [0, 0.1) is 6.92 Å². The highest BCUT2D eigenvalue weighted by molar-refractivity contribution is 5.99. The number of aryl methyl sites for hydroxylation is 1. The Bertz CT molecular complexity index is 1150. The van der Waals surface area contributed by atoms with Gasteiger partial charge in [0.05, 0.1) is 18.3 Å². The SMILES string of the molecule is COc1cc(-c2ccc(C)cc2)nc2ccc(C(=O)NCc3ccccc3)cc12. The van der Waals surface area contributed by atoms with Gasteiger partial charge in [0.1, 0.15) is 5.75 Å². The number of ether oxygens (including phenoxy) is 1. The van der Waals surface area contributed by atoms with Crippen molar-refractivity contribution >= 4 is 16.8 Å². The van der Waals surface area contributed by atoms with Gasteiger partial charge in [-0.25, -0.2) is 4.98 Å².